The third-order valence-electron chi connectivity index (χ3n) is 4.00. The van der Waals surface area contributed by atoms with Gasteiger partial charge in [0.05, 0.1) is 5.60 Å². The maximum absolute atomic E-state index is 10.1. The largest absolute Gasteiger partial charge is 0.389 e. The Hall–Kier alpha value is -0.0800. The minimum absolute atomic E-state index is 0.315. The summed E-state index contributed by atoms with van der Waals surface area (Å²) in [5.41, 5.74) is -0.315. The van der Waals surface area contributed by atoms with Crippen molar-refractivity contribution in [3.8, 4) is 0 Å². The first kappa shape index (κ1) is 10.4. The highest BCUT2D eigenvalue weighted by molar-refractivity contribution is 4.92. The summed E-state index contributed by atoms with van der Waals surface area (Å²) in [5.74, 6) is 0. The van der Waals surface area contributed by atoms with Crippen LogP contribution in [-0.4, -0.2) is 34.7 Å². The Balaban J connectivity index is 1.87. The highest BCUT2D eigenvalue weighted by atomic mass is 16.3. The molecule has 1 atom stereocenters. The van der Waals surface area contributed by atoms with Crippen LogP contribution in [0.15, 0.2) is 0 Å². The van der Waals surface area contributed by atoms with Gasteiger partial charge in [0.1, 0.15) is 0 Å². The van der Waals surface area contributed by atoms with E-state index in [-0.39, 0.29) is 5.60 Å². The Labute approximate surface area is 87.3 Å². The van der Waals surface area contributed by atoms with Crippen LogP contribution in [0.2, 0.25) is 0 Å². The molecule has 0 bridgehead atoms. The highest BCUT2D eigenvalue weighted by Gasteiger charge is 2.37. The molecule has 2 nitrogen and oxygen atoms in total. The maximum Gasteiger partial charge on any atom is 0.0774 e. The summed E-state index contributed by atoms with van der Waals surface area (Å²) in [7, 11) is 0. The van der Waals surface area contributed by atoms with Gasteiger partial charge in [-0.05, 0) is 45.1 Å². The van der Waals surface area contributed by atoms with E-state index in [0.29, 0.717) is 0 Å². The minimum atomic E-state index is -0.315. The summed E-state index contributed by atoms with van der Waals surface area (Å²) >= 11 is 0. The molecule has 1 N–H and O–H groups in total. The predicted octanol–water partition coefficient (Wildman–Crippen LogP) is 2.17. The number of nitrogens with zero attached hydrogens (tertiary/aromatic N) is 1. The van der Waals surface area contributed by atoms with Gasteiger partial charge >= 0.3 is 0 Å². The number of hydrogen-bond donors (Lipinski definition) is 1. The van der Waals surface area contributed by atoms with E-state index in [1.54, 1.807) is 0 Å². The number of β-amino-alcohol motifs (C(OH)–C–C–N with tert-alkyl or cyclic N) is 1. The van der Waals surface area contributed by atoms with Crippen LogP contribution in [0.25, 0.3) is 0 Å². The summed E-state index contributed by atoms with van der Waals surface area (Å²) < 4.78 is 0. The summed E-state index contributed by atoms with van der Waals surface area (Å²) in [4.78, 5) is 2.53. The lowest BCUT2D eigenvalue weighted by Crippen LogP contribution is -2.52. The van der Waals surface area contributed by atoms with Crippen molar-refractivity contribution in [2.75, 3.05) is 13.1 Å². The number of hydrogen-bond acceptors (Lipinski definition) is 2. The van der Waals surface area contributed by atoms with E-state index < -0.39 is 0 Å². The van der Waals surface area contributed by atoms with Crippen molar-refractivity contribution in [2.45, 2.75) is 63.5 Å². The average Bonchev–Trinajstić information content (AvgIpc) is 2.16. The van der Waals surface area contributed by atoms with Crippen LogP contribution in [0.4, 0.5) is 0 Å². The SMILES string of the molecule is CCC1CCCCN1CC1(O)CCC1. The Morgan fingerprint density at radius 1 is 1.29 bits per heavy atom. The van der Waals surface area contributed by atoms with Crippen LogP contribution in [0.1, 0.15) is 51.9 Å². The van der Waals surface area contributed by atoms with Crippen LogP contribution < -0.4 is 0 Å². The van der Waals surface area contributed by atoms with Crippen LogP contribution in [0.5, 0.6) is 0 Å². The van der Waals surface area contributed by atoms with E-state index in [2.05, 4.69) is 11.8 Å². The van der Waals surface area contributed by atoms with Crippen molar-refractivity contribution in [2.24, 2.45) is 0 Å². The molecule has 82 valence electrons. The normalized spacial score (nSPS) is 32.6. The van der Waals surface area contributed by atoms with Crippen LogP contribution in [0, 0.1) is 0 Å². The molecule has 1 heterocycles. The molecule has 2 aliphatic rings. The van der Waals surface area contributed by atoms with Crippen molar-refractivity contribution < 1.29 is 5.11 Å². The number of piperidine rings is 1. The van der Waals surface area contributed by atoms with Gasteiger partial charge in [-0.3, -0.25) is 4.90 Å². The quantitative estimate of drug-likeness (QED) is 0.749. The van der Waals surface area contributed by atoms with Gasteiger partial charge in [-0.2, -0.15) is 0 Å². The number of rotatable bonds is 3. The first-order valence-electron chi connectivity index (χ1n) is 6.20. The zero-order chi connectivity index (χ0) is 10.0. The second kappa shape index (κ2) is 4.19. The average molecular weight is 197 g/mol. The molecule has 0 aromatic heterocycles. The topological polar surface area (TPSA) is 23.5 Å². The molecule has 0 radical (unpaired) electrons. The molecular formula is C12H23NO. The smallest absolute Gasteiger partial charge is 0.0774 e. The lowest BCUT2D eigenvalue weighted by Gasteiger charge is -2.44. The molecule has 0 aromatic carbocycles. The molecule has 1 unspecified atom stereocenters. The van der Waals surface area contributed by atoms with Crippen LogP contribution in [-0.2, 0) is 0 Å². The van der Waals surface area contributed by atoms with E-state index in [4.69, 9.17) is 0 Å². The summed E-state index contributed by atoms with van der Waals surface area (Å²) in [6.07, 6.45) is 8.57. The van der Waals surface area contributed by atoms with Gasteiger partial charge in [0.25, 0.3) is 0 Å². The molecule has 0 aromatic rings. The zero-order valence-electron chi connectivity index (χ0n) is 9.34. The third-order valence-corrected chi connectivity index (χ3v) is 4.00. The van der Waals surface area contributed by atoms with E-state index in [9.17, 15) is 5.11 Å². The number of aliphatic hydroxyl groups is 1. The molecule has 2 heteroatoms. The minimum Gasteiger partial charge on any atom is -0.389 e. The summed E-state index contributed by atoms with van der Waals surface area (Å²) in [5, 5.41) is 10.1. The zero-order valence-corrected chi connectivity index (χ0v) is 9.34. The van der Waals surface area contributed by atoms with Gasteiger partial charge < -0.3 is 5.11 Å². The fourth-order valence-corrected chi connectivity index (χ4v) is 2.85. The molecular weight excluding hydrogens is 174 g/mol. The first-order valence-corrected chi connectivity index (χ1v) is 6.20. The molecule has 0 amide bonds. The van der Waals surface area contributed by atoms with Gasteiger partial charge in [-0.15, -0.1) is 0 Å². The molecule has 1 aliphatic heterocycles. The maximum atomic E-state index is 10.1. The van der Waals surface area contributed by atoms with Crippen molar-refractivity contribution in [3.05, 3.63) is 0 Å². The van der Waals surface area contributed by atoms with Gasteiger partial charge in [0, 0.05) is 12.6 Å². The fourth-order valence-electron chi connectivity index (χ4n) is 2.85. The summed E-state index contributed by atoms with van der Waals surface area (Å²) in [6.45, 7) is 4.42. The van der Waals surface area contributed by atoms with Crippen molar-refractivity contribution in [3.63, 3.8) is 0 Å². The second-order valence-electron chi connectivity index (χ2n) is 5.11. The van der Waals surface area contributed by atoms with Crippen LogP contribution in [0.3, 0.4) is 0 Å². The fraction of sp³-hybridized carbons (Fsp3) is 1.00. The lowest BCUT2D eigenvalue weighted by atomic mass is 9.79. The monoisotopic (exact) mass is 197 g/mol. The van der Waals surface area contributed by atoms with E-state index in [0.717, 1.165) is 25.4 Å². The molecule has 2 fully saturated rings. The van der Waals surface area contributed by atoms with Crippen LogP contribution >= 0.6 is 0 Å². The molecule has 1 saturated carbocycles. The number of likely N-dealkylation sites (tertiary alicyclic amines) is 1. The van der Waals surface area contributed by atoms with E-state index in [1.807, 2.05) is 0 Å². The predicted molar refractivity (Wildman–Crippen MR) is 58.3 cm³/mol. The molecule has 1 aliphatic carbocycles. The Morgan fingerprint density at radius 2 is 2.07 bits per heavy atom. The Kier molecular flexibility index (Phi) is 3.13. The molecule has 14 heavy (non-hydrogen) atoms. The lowest BCUT2D eigenvalue weighted by molar-refractivity contribution is -0.0716. The van der Waals surface area contributed by atoms with E-state index in [1.165, 1.54) is 38.6 Å². The van der Waals surface area contributed by atoms with Gasteiger partial charge in [0.15, 0.2) is 0 Å². The standard InChI is InChI=1S/C12H23NO/c1-2-11-6-3-4-9-13(11)10-12(14)7-5-8-12/h11,14H,2-10H2,1H3. The molecule has 1 saturated heterocycles. The first-order chi connectivity index (χ1) is 6.73. The van der Waals surface area contributed by atoms with Crippen molar-refractivity contribution in [1.29, 1.82) is 0 Å². The van der Waals surface area contributed by atoms with Crippen molar-refractivity contribution in [1.82, 2.24) is 4.90 Å². The highest BCUT2D eigenvalue weighted by Crippen LogP contribution is 2.34. The van der Waals surface area contributed by atoms with E-state index >= 15 is 0 Å². The Bertz CT molecular complexity index is 189. The molecule has 2 rings (SSSR count). The Morgan fingerprint density at radius 3 is 2.64 bits per heavy atom. The summed E-state index contributed by atoms with van der Waals surface area (Å²) in [6, 6.07) is 0.744. The third kappa shape index (κ3) is 2.12. The van der Waals surface area contributed by atoms with Gasteiger partial charge in [0.2, 0.25) is 0 Å². The van der Waals surface area contributed by atoms with Gasteiger partial charge in [-0.25, -0.2) is 0 Å². The van der Waals surface area contributed by atoms with Gasteiger partial charge in [-0.1, -0.05) is 13.3 Å². The molecule has 0 spiro atoms. The second-order valence-corrected chi connectivity index (χ2v) is 5.11. The van der Waals surface area contributed by atoms with Crippen molar-refractivity contribution >= 4 is 0 Å².